The van der Waals surface area contributed by atoms with Crippen molar-refractivity contribution in [3.8, 4) is 0 Å². The van der Waals surface area contributed by atoms with E-state index in [0.717, 1.165) is 10.1 Å². The van der Waals surface area contributed by atoms with Gasteiger partial charge >= 0.3 is 0 Å². The maximum Gasteiger partial charge on any atom is 0.257 e. The summed E-state index contributed by atoms with van der Waals surface area (Å²) in [7, 11) is 0. The highest BCUT2D eigenvalue weighted by atomic mass is 35.5. The molecule has 19 heavy (non-hydrogen) atoms. The number of pyridine rings is 1. The van der Waals surface area contributed by atoms with Crippen LogP contribution in [0.2, 0.25) is 5.15 Å². The lowest BCUT2D eigenvalue weighted by Gasteiger charge is -2.03. The highest BCUT2D eigenvalue weighted by molar-refractivity contribution is 7.17. The zero-order valence-electron chi connectivity index (χ0n) is 9.76. The van der Waals surface area contributed by atoms with Gasteiger partial charge in [-0.1, -0.05) is 29.8 Å². The van der Waals surface area contributed by atoms with E-state index >= 15 is 0 Å². The lowest BCUT2D eigenvalue weighted by molar-refractivity contribution is 0.102. The molecule has 1 amide bonds. The predicted octanol–water partition coefficient (Wildman–Crippen LogP) is 4.20. The Morgan fingerprint density at radius 3 is 2.84 bits per heavy atom. The van der Waals surface area contributed by atoms with E-state index in [0.29, 0.717) is 16.4 Å². The standard InChI is InChI=1S/C14H9ClN2OS/c15-13-6-5-9(7-16-13)17-14(18)11-8-19-12-4-2-1-3-10(11)12/h1-8H,(H,17,18). The lowest BCUT2D eigenvalue weighted by atomic mass is 10.1. The van der Waals surface area contributed by atoms with E-state index < -0.39 is 0 Å². The third kappa shape index (κ3) is 2.45. The molecular weight excluding hydrogens is 280 g/mol. The van der Waals surface area contributed by atoms with Crippen LogP contribution in [0.5, 0.6) is 0 Å². The largest absolute Gasteiger partial charge is 0.321 e. The number of carbonyl (C=O) groups is 1. The van der Waals surface area contributed by atoms with E-state index in [4.69, 9.17) is 11.6 Å². The van der Waals surface area contributed by atoms with Gasteiger partial charge in [-0.15, -0.1) is 11.3 Å². The molecule has 0 unspecified atom stereocenters. The van der Waals surface area contributed by atoms with Gasteiger partial charge in [-0.2, -0.15) is 0 Å². The second-order valence-electron chi connectivity index (χ2n) is 3.97. The summed E-state index contributed by atoms with van der Waals surface area (Å²) >= 11 is 7.26. The summed E-state index contributed by atoms with van der Waals surface area (Å²) in [6.45, 7) is 0. The number of amides is 1. The zero-order chi connectivity index (χ0) is 13.2. The molecule has 94 valence electrons. The van der Waals surface area contributed by atoms with Crippen molar-refractivity contribution >= 4 is 44.6 Å². The van der Waals surface area contributed by atoms with Gasteiger partial charge in [-0.3, -0.25) is 4.79 Å². The third-order valence-electron chi connectivity index (χ3n) is 2.71. The number of aromatic nitrogens is 1. The van der Waals surface area contributed by atoms with E-state index in [1.165, 1.54) is 6.20 Å². The summed E-state index contributed by atoms with van der Waals surface area (Å²) in [5, 5.41) is 6.04. The third-order valence-corrected chi connectivity index (χ3v) is 3.90. The van der Waals surface area contributed by atoms with Gasteiger partial charge in [0.15, 0.2) is 0 Å². The Hall–Kier alpha value is -1.91. The molecule has 3 nitrogen and oxygen atoms in total. The fourth-order valence-electron chi connectivity index (χ4n) is 1.80. The molecule has 2 aromatic heterocycles. The average molecular weight is 289 g/mol. The Morgan fingerprint density at radius 1 is 1.21 bits per heavy atom. The van der Waals surface area contributed by atoms with Crippen molar-refractivity contribution in [3.05, 3.63) is 58.7 Å². The minimum Gasteiger partial charge on any atom is -0.321 e. The number of hydrogen-bond donors (Lipinski definition) is 1. The van der Waals surface area contributed by atoms with E-state index in [2.05, 4.69) is 10.3 Å². The van der Waals surface area contributed by atoms with E-state index in [1.807, 2.05) is 29.6 Å². The Morgan fingerprint density at radius 2 is 2.05 bits per heavy atom. The molecule has 0 atom stereocenters. The van der Waals surface area contributed by atoms with Crippen LogP contribution in [0, 0.1) is 0 Å². The molecule has 1 N–H and O–H groups in total. The van der Waals surface area contributed by atoms with Gasteiger partial charge in [0.05, 0.1) is 17.4 Å². The highest BCUT2D eigenvalue weighted by Gasteiger charge is 2.12. The molecule has 0 saturated carbocycles. The first-order valence-corrected chi connectivity index (χ1v) is 6.89. The molecule has 0 aliphatic heterocycles. The zero-order valence-corrected chi connectivity index (χ0v) is 11.3. The normalized spacial score (nSPS) is 10.6. The van der Waals surface area contributed by atoms with Crippen LogP contribution < -0.4 is 5.32 Å². The molecule has 0 spiro atoms. The van der Waals surface area contributed by atoms with Crippen molar-refractivity contribution in [2.45, 2.75) is 0 Å². The van der Waals surface area contributed by atoms with Crippen molar-refractivity contribution in [3.63, 3.8) is 0 Å². The van der Waals surface area contributed by atoms with Crippen molar-refractivity contribution < 1.29 is 4.79 Å². The molecule has 0 saturated heterocycles. The number of rotatable bonds is 2. The predicted molar refractivity (Wildman–Crippen MR) is 79.0 cm³/mol. The average Bonchev–Trinajstić information content (AvgIpc) is 2.85. The molecule has 0 radical (unpaired) electrons. The van der Waals surface area contributed by atoms with E-state index in [1.54, 1.807) is 23.5 Å². The van der Waals surface area contributed by atoms with Crippen LogP contribution in [-0.4, -0.2) is 10.9 Å². The topological polar surface area (TPSA) is 42.0 Å². The number of nitrogens with one attached hydrogen (secondary N) is 1. The second-order valence-corrected chi connectivity index (χ2v) is 5.27. The highest BCUT2D eigenvalue weighted by Crippen LogP contribution is 2.26. The first-order valence-electron chi connectivity index (χ1n) is 5.63. The number of fused-ring (bicyclic) bond motifs is 1. The quantitative estimate of drug-likeness (QED) is 0.718. The molecule has 0 aliphatic rings. The van der Waals surface area contributed by atoms with Gasteiger partial charge in [0.2, 0.25) is 0 Å². The Kier molecular flexibility index (Phi) is 3.19. The minimum atomic E-state index is -0.137. The smallest absolute Gasteiger partial charge is 0.257 e. The van der Waals surface area contributed by atoms with Crippen molar-refractivity contribution in [2.24, 2.45) is 0 Å². The van der Waals surface area contributed by atoms with Crippen LogP contribution in [0.1, 0.15) is 10.4 Å². The fraction of sp³-hybridized carbons (Fsp3) is 0. The van der Waals surface area contributed by atoms with Crippen LogP contribution in [0.3, 0.4) is 0 Å². The maximum absolute atomic E-state index is 12.2. The van der Waals surface area contributed by atoms with Gasteiger partial charge in [-0.25, -0.2) is 4.98 Å². The summed E-state index contributed by atoms with van der Waals surface area (Å²) in [6.07, 6.45) is 1.54. The molecule has 1 aromatic carbocycles. The number of anilines is 1. The number of hydrogen-bond acceptors (Lipinski definition) is 3. The van der Waals surface area contributed by atoms with Gasteiger partial charge in [-0.05, 0) is 18.2 Å². The van der Waals surface area contributed by atoms with Gasteiger partial charge in [0, 0.05) is 15.5 Å². The number of carbonyl (C=O) groups excluding carboxylic acids is 1. The number of benzene rings is 1. The second kappa shape index (κ2) is 4.99. The number of thiophene rings is 1. The SMILES string of the molecule is O=C(Nc1ccc(Cl)nc1)c1csc2ccccc12. The molecule has 0 bridgehead atoms. The van der Waals surface area contributed by atoms with E-state index in [9.17, 15) is 4.79 Å². The first kappa shape index (κ1) is 12.1. The van der Waals surface area contributed by atoms with Crippen LogP contribution in [0.4, 0.5) is 5.69 Å². The summed E-state index contributed by atoms with van der Waals surface area (Å²) < 4.78 is 1.10. The van der Waals surface area contributed by atoms with Crippen LogP contribution in [-0.2, 0) is 0 Å². The van der Waals surface area contributed by atoms with Crippen LogP contribution >= 0.6 is 22.9 Å². The maximum atomic E-state index is 12.2. The number of halogens is 1. The molecule has 0 aliphatic carbocycles. The van der Waals surface area contributed by atoms with E-state index in [-0.39, 0.29) is 5.91 Å². The Bertz CT molecular complexity index is 737. The summed E-state index contributed by atoms with van der Waals surface area (Å²) in [5.74, 6) is -0.137. The van der Waals surface area contributed by atoms with Crippen molar-refractivity contribution in [1.82, 2.24) is 4.98 Å². The lowest BCUT2D eigenvalue weighted by Crippen LogP contribution is -2.11. The van der Waals surface area contributed by atoms with Crippen LogP contribution in [0.15, 0.2) is 48.0 Å². The summed E-state index contributed by atoms with van der Waals surface area (Å²) in [5.41, 5.74) is 1.31. The molecular formula is C14H9ClN2OS. The molecule has 3 rings (SSSR count). The summed E-state index contributed by atoms with van der Waals surface area (Å²) in [4.78, 5) is 16.1. The number of nitrogens with zero attached hydrogens (tertiary/aromatic N) is 1. The van der Waals surface area contributed by atoms with Crippen LogP contribution in [0.25, 0.3) is 10.1 Å². The van der Waals surface area contributed by atoms with Crippen molar-refractivity contribution in [2.75, 3.05) is 5.32 Å². The van der Waals surface area contributed by atoms with Gasteiger partial charge < -0.3 is 5.32 Å². The summed E-state index contributed by atoms with van der Waals surface area (Å²) in [6, 6.07) is 11.2. The fourth-order valence-corrected chi connectivity index (χ4v) is 2.85. The van der Waals surface area contributed by atoms with Gasteiger partial charge in [0.1, 0.15) is 5.15 Å². The van der Waals surface area contributed by atoms with Crippen molar-refractivity contribution in [1.29, 1.82) is 0 Å². The minimum absolute atomic E-state index is 0.137. The van der Waals surface area contributed by atoms with Gasteiger partial charge in [0.25, 0.3) is 5.91 Å². The Balaban J connectivity index is 1.90. The molecule has 2 heterocycles. The molecule has 3 aromatic rings. The first-order chi connectivity index (χ1) is 9.24. The molecule has 0 fully saturated rings. The Labute approximate surface area is 118 Å². The monoisotopic (exact) mass is 288 g/mol. The molecule has 5 heteroatoms.